The number of fused-ring (bicyclic) bond motifs is 1. The minimum Gasteiger partial charge on any atom is -0.488 e. The Morgan fingerprint density at radius 1 is 1.50 bits per heavy atom. The van der Waals surface area contributed by atoms with Gasteiger partial charge in [0, 0.05) is 17.3 Å². The summed E-state index contributed by atoms with van der Waals surface area (Å²) < 4.78 is 18.7. The highest BCUT2D eigenvalue weighted by atomic mass is 32.2. The van der Waals surface area contributed by atoms with E-state index in [1.807, 2.05) is 0 Å². The zero-order valence-corrected chi connectivity index (χ0v) is 15.6. The molecule has 0 aliphatic heterocycles. The molecule has 1 amide bonds. The van der Waals surface area contributed by atoms with Gasteiger partial charge in [0.1, 0.15) is 18.3 Å². The van der Waals surface area contributed by atoms with Crippen LogP contribution in [0.4, 0.5) is 15.9 Å². The zero-order valence-electron chi connectivity index (χ0n) is 14.8. The molecular formula is C18H16FN5O3S. The van der Waals surface area contributed by atoms with Crippen molar-refractivity contribution in [1.29, 1.82) is 0 Å². The van der Waals surface area contributed by atoms with Crippen molar-refractivity contribution in [3.63, 3.8) is 0 Å². The number of thioether (sulfide) groups is 1. The first-order valence-corrected chi connectivity index (χ1v) is 9.19. The molecule has 1 aromatic carbocycles. The Kier molecular flexibility index (Phi) is 6.08. The van der Waals surface area contributed by atoms with Gasteiger partial charge >= 0.3 is 0 Å². The maximum absolute atomic E-state index is 13.6. The maximum Gasteiger partial charge on any atom is 0.274 e. The number of nitrogens with one attached hydrogen (secondary N) is 2. The van der Waals surface area contributed by atoms with Gasteiger partial charge in [-0.3, -0.25) is 4.79 Å². The molecule has 0 radical (unpaired) electrons. The summed E-state index contributed by atoms with van der Waals surface area (Å²) in [5, 5.41) is 12.0. The number of halogens is 1. The molecule has 28 heavy (non-hydrogen) atoms. The molecule has 3 rings (SSSR count). The fourth-order valence-corrected chi connectivity index (χ4v) is 3.11. The number of rotatable bonds is 7. The van der Waals surface area contributed by atoms with Gasteiger partial charge in [-0.25, -0.2) is 9.37 Å². The minimum absolute atomic E-state index is 0.0420. The number of nitrogens with zero attached hydrogens (tertiary/aromatic N) is 3. The van der Waals surface area contributed by atoms with E-state index in [-0.39, 0.29) is 30.6 Å². The fourth-order valence-electron chi connectivity index (χ4n) is 2.43. The number of aryl methyl sites for hydroxylation is 1. The first-order valence-electron chi connectivity index (χ1n) is 8.20. The van der Waals surface area contributed by atoms with E-state index in [2.05, 4.69) is 25.1 Å². The number of imidazole rings is 1. The molecule has 0 unspecified atom stereocenters. The standard InChI is InChI=1S/C18H16FN5O3S/c1-10-16-13(8-21-17(10)20-2)23-18(24-16)28-9-15(26)22-11-3-4-12(19)14(7-11)27-6-5-25/h3-4,7-8,25H,5-6,9H2,1H3,(H,22,26)(H,23,24). The van der Waals surface area contributed by atoms with Gasteiger partial charge < -0.3 is 25.0 Å². The number of H-pyrrole nitrogens is 1. The van der Waals surface area contributed by atoms with E-state index >= 15 is 0 Å². The average Bonchev–Trinajstić information content (AvgIpc) is 3.11. The van der Waals surface area contributed by atoms with Gasteiger partial charge in [-0.15, -0.1) is 4.98 Å². The molecule has 0 fully saturated rings. The lowest BCUT2D eigenvalue weighted by molar-refractivity contribution is -0.113. The van der Waals surface area contributed by atoms with Crippen LogP contribution < -0.4 is 10.1 Å². The van der Waals surface area contributed by atoms with Crippen molar-refractivity contribution in [2.75, 3.05) is 24.3 Å². The van der Waals surface area contributed by atoms with Crippen LogP contribution >= 0.6 is 11.8 Å². The van der Waals surface area contributed by atoms with E-state index in [1.54, 1.807) is 13.1 Å². The number of benzene rings is 1. The molecule has 8 nitrogen and oxygen atoms in total. The molecule has 3 aromatic rings. The molecule has 0 aliphatic carbocycles. The molecule has 0 saturated heterocycles. The first-order chi connectivity index (χ1) is 13.5. The van der Waals surface area contributed by atoms with Crippen molar-refractivity contribution < 1.29 is 19.0 Å². The lowest BCUT2D eigenvalue weighted by Crippen LogP contribution is -2.14. The van der Waals surface area contributed by atoms with Crippen LogP contribution in [-0.4, -0.2) is 44.9 Å². The van der Waals surface area contributed by atoms with Crippen molar-refractivity contribution in [2.24, 2.45) is 0 Å². The third-order valence-electron chi connectivity index (χ3n) is 3.73. The number of aliphatic hydroxyl groups excluding tert-OH is 1. The van der Waals surface area contributed by atoms with Crippen molar-refractivity contribution in [3.8, 4) is 5.75 Å². The van der Waals surface area contributed by atoms with Gasteiger partial charge in [0.15, 0.2) is 16.7 Å². The highest BCUT2D eigenvalue weighted by Crippen LogP contribution is 2.27. The summed E-state index contributed by atoms with van der Waals surface area (Å²) >= 11 is 1.19. The molecule has 3 N–H and O–H groups in total. The summed E-state index contributed by atoms with van der Waals surface area (Å²) in [6, 6.07) is 3.96. The van der Waals surface area contributed by atoms with Crippen LogP contribution in [0.1, 0.15) is 5.56 Å². The van der Waals surface area contributed by atoms with Crippen LogP contribution in [0.5, 0.6) is 5.75 Å². The third-order valence-corrected chi connectivity index (χ3v) is 4.60. The van der Waals surface area contributed by atoms with Gasteiger partial charge in [0.25, 0.3) is 5.82 Å². The lowest BCUT2D eigenvalue weighted by atomic mass is 10.2. The summed E-state index contributed by atoms with van der Waals surface area (Å²) in [5.41, 5.74) is 2.40. The number of aliphatic hydroxyl groups is 1. The van der Waals surface area contributed by atoms with E-state index in [4.69, 9.17) is 16.4 Å². The number of pyridine rings is 1. The SMILES string of the molecule is [C-]#[N+]c1ncc2[nH]c(SCC(=O)Nc3ccc(F)c(OCCO)c3)nc2c1C. The van der Waals surface area contributed by atoms with Gasteiger partial charge in [-0.1, -0.05) is 18.3 Å². The van der Waals surface area contributed by atoms with Crippen LogP contribution in [0.15, 0.2) is 29.6 Å². The molecule has 0 spiro atoms. The topological polar surface area (TPSA) is 104 Å². The van der Waals surface area contributed by atoms with Crippen LogP contribution in [0.2, 0.25) is 0 Å². The molecule has 0 saturated carbocycles. The molecule has 144 valence electrons. The number of carbonyl (C=O) groups is 1. The number of ether oxygens (including phenoxy) is 1. The lowest BCUT2D eigenvalue weighted by Gasteiger charge is -2.09. The van der Waals surface area contributed by atoms with Gasteiger partial charge in [-0.05, 0) is 19.1 Å². The summed E-state index contributed by atoms with van der Waals surface area (Å²) in [6.45, 7) is 8.59. The number of aromatic amines is 1. The fraction of sp³-hybridized carbons (Fsp3) is 0.222. The molecule has 0 aliphatic rings. The minimum atomic E-state index is -0.578. The molecule has 10 heteroatoms. The number of hydrogen-bond donors (Lipinski definition) is 3. The van der Waals surface area contributed by atoms with E-state index in [0.29, 0.717) is 33.3 Å². The quantitative estimate of drug-likeness (QED) is 0.415. The smallest absolute Gasteiger partial charge is 0.274 e. The number of anilines is 1. The highest BCUT2D eigenvalue weighted by Gasteiger charge is 2.13. The Balaban J connectivity index is 1.64. The van der Waals surface area contributed by atoms with Gasteiger partial charge in [-0.2, -0.15) is 0 Å². The van der Waals surface area contributed by atoms with Crippen LogP contribution in [0.3, 0.4) is 0 Å². The molecule has 0 bridgehead atoms. The van der Waals surface area contributed by atoms with Crippen LogP contribution in [0.25, 0.3) is 15.9 Å². The predicted octanol–water partition coefficient (Wildman–Crippen LogP) is 3.06. The number of hydrogen-bond acceptors (Lipinski definition) is 6. The molecule has 2 aromatic heterocycles. The molecule has 0 atom stereocenters. The third kappa shape index (κ3) is 4.39. The highest BCUT2D eigenvalue weighted by molar-refractivity contribution is 7.99. The predicted molar refractivity (Wildman–Crippen MR) is 103 cm³/mol. The summed E-state index contributed by atoms with van der Waals surface area (Å²) in [4.78, 5) is 27.0. The Hall–Kier alpha value is -3.16. The summed E-state index contributed by atoms with van der Waals surface area (Å²) in [7, 11) is 0. The second-order valence-electron chi connectivity index (χ2n) is 5.68. The monoisotopic (exact) mass is 401 g/mol. The maximum atomic E-state index is 13.6. The van der Waals surface area contributed by atoms with Gasteiger partial charge in [0.2, 0.25) is 5.91 Å². The van der Waals surface area contributed by atoms with Crippen molar-refractivity contribution in [1.82, 2.24) is 15.0 Å². The van der Waals surface area contributed by atoms with Crippen molar-refractivity contribution in [3.05, 3.63) is 47.2 Å². The second-order valence-corrected chi connectivity index (χ2v) is 6.64. The molecule has 2 heterocycles. The van der Waals surface area contributed by atoms with E-state index in [9.17, 15) is 9.18 Å². The summed E-state index contributed by atoms with van der Waals surface area (Å²) in [5.74, 6) is -0.557. The summed E-state index contributed by atoms with van der Waals surface area (Å²) in [6.07, 6.45) is 1.54. The van der Waals surface area contributed by atoms with Crippen molar-refractivity contribution in [2.45, 2.75) is 12.1 Å². The van der Waals surface area contributed by atoms with E-state index in [0.717, 1.165) is 0 Å². The Labute approximate surface area is 164 Å². The van der Waals surface area contributed by atoms with Crippen molar-refractivity contribution >= 4 is 40.2 Å². The largest absolute Gasteiger partial charge is 0.488 e. The number of carbonyl (C=O) groups excluding carboxylic acids is 1. The number of amides is 1. The Bertz CT molecular complexity index is 1060. The van der Waals surface area contributed by atoms with Crippen LogP contribution in [0, 0.1) is 19.3 Å². The average molecular weight is 401 g/mol. The van der Waals surface area contributed by atoms with Crippen LogP contribution in [-0.2, 0) is 4.79 Å². The Morgan fingerprint density at radius 2 is 2.32 bits per heavy atom. The number of aromatic nitrogens is 3. The normalized spacial score (nSPS) is 10.6. The van der Waals surface area contributed by atoms with Gasteiger partial charge in [0.05, 0.1) is 17.9 Å². The van der Waals surface area contributed by atoms with E-state index < -0.39 is 5.82 Å². The first kappa shape index (κ1) is 19.6. The second kappa shape index (κ2) is 8.69. The van der Waals surface area contributed by atoms with E-state index in [1.165, 1.54) is 30.0 Å². The molecular weight excluding hydrogens is 385 g/mol. The Morgan fingerprint density at radius 3 is 3.07 bits per heavy atom. The zero-order chi connectivity index (χ0) is 20.1.